The fraction of sp³-hybridized carbons (Fsp3) is 0.182. The molecule has 0 spiro atoms. The van der Waals surface area contributed by atoms with Crippen LogP contribution in [0.1, 0.15) is 10.4 Å². The number of halogens is 1. The van der Waals surface area contributed by atoms with Crippen molar-refractivity contribution in [2.75, 3.05) is 6.61 Å². The molecule has 0 bridgehead atoms. The Bertz CT molecular complexity index is 482. The van der Waals surface area contributed by atoms with Crippen molar-refractivity contribution >= 4 is 17.6 Å². The van der Waals surface area contributed by atoms with Gasteiger partial charge in [-0.2, -0.15) is 5.10 Å². The van der Waals surface area contributed by atoms with E-state index >= 15 is 0 Å². The minimum Gasteiger partial charge on any atom is -0.460 e. The van der Waals surface area contributed by atoms with Crippen molar-refractivity contribution in [1.82, 2.24) is 14.8 Å². The Kier molecular flexibility index (Phi) is 3.72. The summed E-state index contributed by atoms with van der Waals surface area (Å²) < 4.78 is 6.66. The van der Waals surface area contributed by atoms with Crippen molar-refractivity contribution in [1.29, 1.82) is 0 Å². The highest BCUT2D eigenvalue weighted by Gasteiger charge is 2.06. The molecule has 0 unspecified atom stereocenters. The minimum absolute atomic E-state index is 0.255. The number of nitrogens with zero attached hydrogens (tertiary/aromatic N) is 3. The maximum absolute atomic E-state index is 11.6. The second kappa shape index (κ2) is 5.45. The number of hydrogen-bond donors (Lipinski definition) is 0. The molecule has 0 N–H and O–H groups in total. The SMILES string of the molecule is O=C(OCCn1cncn1)c1ccc(Cl)cc1. The van der Waals surface area contributed by atoms with Crippen molar-refractivity contribution in [2.45, 2.75) is 6.54 Å². The quantitative estimate of drug-likeness (QED) is 0.778. The van der Waals surface area contributed by atoms with E-state index < -0.39 is 0 Å². The van der Waals surface area contributed by atoms with Crippen LogP contribution in [0.15, 0.2) is 36.9 Å². The van der Waals surface area contributed by atoms with E-state index in [-0.39, 0.29) is 12.6 Å². The zero-order valence-electron chi connectivity index (χ0n) is 8.91. The van der Waals surface area contributed by atoms with Crippen molar-refractivity contribution in [3.8, 4) is 0 Å². The molecule has 0 saturated carbocycles. The van der Waals surface area contributed by atoms with Gasteiger partial charge in [0.2, 0.25) is 0 Å². The molecule has 2 rings (SSSR count). The number of hydrogen-bond acceptors (Lipinski definition) is 4. The third-order valence-electron chi connectivity index (χ3n) is 2.10. The predicted octanol–water partition coefficient (Wildman–Crippen LogP) is 1.79. The fourth-order valence-electron chi connectivity index (χ4n) is 1.25. The summed E-state index contributed by atoms with van der Waals surface area (Å²) in [5.74, 6) is -0.373. The lowest BCUT2D eigenvalue weighted by Gasteiger charge is -2.04. The molecule has 1 aromatic carbocycles. The molecule has 6 heteroatoms. The Balaban J connectivity index is 1.83. The minimum atomic E-state index is -0.373. The van der Waals surface area contributed by atoms with Crippen LogP contribution in [0.5, 0.6) is 0 Å². The normalized spacial score (nSPS) is 10.2. The first-order chi connectivity index (χ1) is 8.25. The summed E-state index contributed by atoms with van der Waals surface area (Å²) in [5.41, 5.74) is 0.480. The first-order valence-electron chi connectivity index (χ1n) is 5.01. The molecule has 17 heavy (non-hydrogen) atoms. The average molecular weight is 252 g/mol. The molecular formula is C11H10ClN3O2. The van der Waals surface area contributed by atoms with E-state index in [9.17, 15) is 4.79 Å². The third kappa shape index (κ3) is 3.29. The molecule has 88 valence electrons. The summed E-state index contributed by atoms with van der Waals surface area (Å²) in [6, 6.07) is 6.55. The maximum atomic E-state index is 11.6. The maximum Gasteiger partial charge on any atom is 0.338 e. The second-order valence-electron chi connectivity index (χ2n) is 3.30. The number of carbonyl (C=O) groups is 1. The van der Waals surface area contributed by atoms with Crippen LogP contribution in [0, 0.1) is 0 Å². The number of esters is 1. The van der Waals surface area contributed by atoms with E-state index in [2.05, 4.69) is 10.1 Å². The van der Waals surface area contributed by atoms with Gasteiger partial charge in [-0.15, -0.1) is 0 Å². The van der Waals surface area contributed by atoms with Gasteiger partial charge in [0.05, 0.1) is 12.1 Å². The zero-order valence-corrected chi connectivity index (χ0v) is 9.67. The lowest BCUT2D eigenvalue weighted by molar-refractivity contribution is 0.0487. The highest BCUT2D eigenvalue weighted by atomic mass is 35.5. The van der Waals surface area contributed by atoms with Gasteiger partial charge in [0.25, 0.3) is 0 Å². The largest absolute Gasteiger partial charge is 0.460 e. The fourth-order valence-corrected chi connectivity index (χ4v) is 1.38. The topological polar surface area (TPSA) is 57.0 Å². The molecule has 5 nitrogen and oxygen atoms in total. The summed E-state index contributed by atoms with van der Waals surface area (Å²) in [6.45, 7) is 0.740. The number of benzene rings is 1. The van der Waals surface area contributed by atoms with Gasteiger partial charge in [0, 0.05) is 5.02 Å². The Hall–Kier alpha value is -1.88. The molecule has 1 aromatic heterocycles. The van der Waals surface area contributed by atoms with Crippen molar-refractivity contribution < 1.29 is 9.53 Å². The van der Waals surface area contributed by atoms with Crippen LogP contribution < -0.4 is 0 Å². The van der Waals surface area contributed by atoms with Gasteiger partial charge in [-0.25, -0.2) is 14.5 Å². The van der Waals surface area contributed by atoms with Crippen molar-refractivity contribution in [3.05, 3.63) is 47.5 Å². The number of ether oxygens (including phenoxy) is 1. The van der Waals surface area contributed by atoms with Gasteiger partial charge >= 0.3 is 5.97 Å². The molecule has 0 fully saturated rings. The predicted molar refractivity (Wildman–Crippen MR) is 61.8 cm³/mol. The molecule has 0 radical (unpaired) electrons. The summed E-state index contributed by atoms with van der Waals surface area (Å²) >= 11 is 5.72. The van der Waals surface area contributed by atoms with E-state index in [0.717, 1.165) is 0 Å². The van der Waals surface area contributed by atoms with Crippen LogP contribution in [0.25, 0.3) is 0 Å². The zero-order chi connectivity index (χ0) is 12.1. The van der Waals surface area contributed by atoms with Crippen LogP contribution in [0.3, 0.4) is 0 Å². The highest BCUT2D eigenvalue weighted by molar-refractivity contribution is 6.30. The Morgan fingerprint density at radius 3 is 2.76 bits per heavy atom. The van der Waals surface area contributed by atoms with Gasteiger partial charge in [0.15, 0.2) is 0 Å². The summed E-state index contributed by atoms with van der Waals surface area (Å²) in [4.78, 5) is 15.4. The Labute approximate surface area is 103 Å². The summed E-state index contributed by atoms with van der Waals surface area (Å²) in [5, 5.41) is 4.48. The van der Waals surface area contributed by atoms with Crippen molar-refractivity contribution in [3.63, 3.8) is 0 Å². The number of aromatic nitrogens is 3. The number of carbonyl (C=O) groups excluding carboxylic acids is 1. The van der Waals surface area contributed by atoms with Gasteiger partial charge in [-0.05, 0) is 24.3 Å². The van der Waals surface area contributed by atoms with Crippen molar-refractivity contribution in [2.24, 2.45) is 0 Å². The van der Waals surface area contributed by atoms with E-state index in [0.29, 0.717) is 17.1 Å². The average Bonchev–Trinajstić information content (AvgIpc) is 2.83. The first-order valence-corrected chi connectivity index (χ1v) is 5.38. The Morgan fingerprint density at radius 1 is 1.35 bits per heavy atom. The summed E-state index contributed by atoms with van der Waals surface area (Å²) in [6.07, 6.45) is 3.00. The molecule has 0 saturated heterocycles. The molecule has 1 heterocycles. The molecule has 0 aliphatic carbocycles. The lowest BCUT2D eigenvalue weighted by Crippen LogP contribution is -2.11. The van der Waals surface area contributed by atoms with Crippen LogP contribution in [-0.2, 0) is 11.3 Å². The molecule has 0 atom stereocenters. The van der Waals surface area contributed by atoms with Gasteiger partial charge in [-0.1, -0.05) is 11.6 Å². The standard InChI is InChI=1S/C11H10ClN3O2/c12-10-3-1-9(2-4-10)11(16)17-6-5-15-8-13-7-14-15/h1-4,7-8H,5-6H2. The highest BCUT2D eigenvalue weighted by Crippen LogP contribution is 2.10. The van der Waals surface area contributed by atoms with E-state index in [1.165, 1.54) is 6.33 Å². The van der Waals surface area contributed by atoms with Crippen LogP contribution in [-0.4, -0.2) is 27.3 Å². The Morgan fingerprint density at radius 2 is 2.12 bits per heavy atom. The molecule has 0 amide bonds. The van der Waals surface area contributed by atoms with Gasteiger partial charge in [0.1, 0.15) is 19.3 Å². The first kappa shape index (κ1) is 11.6. The van der Waals surface area contributed by atoms with E-state index in [1.807, 2.05) is 0 Å². The molecule has 0 aliphatic heterocycles. The monoisotopic (exact) mass is 251 g/mol. The van der Waals surface area contributed by atoms with Crippen LogP contribution in [0.4, 0.5) is 0 Å². The summed E-state index contributed by atoms with van der Waals surface area (Å²) in [7, 11) is 0. The number of rotatable bonds is 4. The molecule has 0 aliphatic rings. The molecule has 2 aromatic rings. The lowest BCUT2D eigenvalue weighted by atomic mass is 10.2. The van der Waals surface area contributed by atoms with Gasteiger partial charge < -0.3 is 4.74 Å². The molecular weight excluding hydrogens is 242 g/mol. The smallest absolute Gasteiger partial charge is 0.338 e. The van der Waals surface area contributed by atoms with E-state index in [1.54, 1.807) is 35.3 Å². The second-order valence-corrected chi connectivity index (χ2v) is 3.74. The van der Waals surface area contributed by atoms with Crippen LogP contribution >= 0.6 is 11.6 Å². The van der Waals surface area contributed by atoms with Gasteiger partial charge in [-0.3, -0.25) is 0 Å². The van der Waals surface area contributed by atoms with E-state index in [4.69, 9.17) is 16.3 Å². The van der Waals surface area contributed by atoms with Crippen LogP contribution in [0.2, 0.25) is 5.02 Å². The third-order valence-corrected chi connectivity index (χ3v) is 2.35.